The highest BCUT2D eigenvalue weighted by atomic mass is 32.1. The molecule has 0 saturated carbocycles. The number of ether oxygens (including phenoxy) is 3. The number of phenolic OH excluding ortho intramolecular Hbond substituents is 1. The van der Waals surface area contributed by atoms with E-state index in [4.69, 9.17) is 19.2 Å². The van der Waals surface area contributed by atoms with Crippen LogP contribution < -0.4 is 24.4 Å². The predicted octanol–water partition coefficient (Wildman–Crippen LogP) is 3.66. The number of carbonyl (C=O) groups is 1. The van der Waals surface area contributed by atoms with Crippen molar-refractivity contribution in [1.29, 1.82) is 0 Å². The molecular formula is C30H26N2O6S. The van der Waals surface area contributed by atoms with E-state index >= 15 is 0 Å². The Balaban J connectivity index is 1.81. The first-order chi connectivity index (χ1) is 18.9. The molecule has 4 aromatic rings. The van der Waals surface area contributed by atoms with E-state index in [1.165, 1.54) is 29.1 Å². The molecule has 39 heavy (non-hydrogen) atoms. The van der Waals surface area contributed by atoms with Crippen molar-refractivity contribution in [2.24, 2.45) is 4.99 Å². The van der Waals surface area contributed by atoms with E-state index in [0.29, 0.717) is 37.7 Å². The first-order valence-electron chi connectivity index (χ1n) is 12.2. The van der Waals surface area contributed by atoms with E-state index < -0.39 is 12.0 Å². The second-order valence-electron chi connectivity index (χ2n) is 8.64. The molecule has 9 heteroatoms. The number of carbonyl (C=O) groups excluding carboxylic acids is 1. The van der Waals surface area contributed by atoms with Crippen LogP contribution in [0.2, 0.25) is 0 Å². The first kappa shape index (κ1) is 26.0. The molecule has 5 rings (SSSR count). The highest BCUT2D eigenvalue weighted by Crippen LogP contribution is 2.36. The minimum Gasteiger partial charge on any atom is -0.504 e. The maximum Gasteiger partial charge on any atom is 0.338 e. The topological polar surface area (TPSA) is 99.4 Å². The number of phenols is 1. The van der Waals surface area contributed by atoms with E-state index in [2.05, 4.69) is 0 Å². The molecule has 1 aliphatic heterocycles. The van der Waals surface area contributed by atoms with Gasteiger partial charge in [-0.3, -0.25) is 9.36 Å². The van der Waals surface area contributed by atoms with Crippen LogP contribution in [0, 0.1) is 0 Å². The molecule has 0 saturated heterocycles. The second kappa shape index (κ2) is 11.0. The number of thiazole rings is 1. The summed E-state index contributed by atoms with van der Waals surface area (Å²) < 4.78 is 18.0. The third-order valence-corrected chi connectivity index (χ3v) is 7.27. The maximum atomic E-state index is 13.9. The molecule has 3 aromatic carbocycles. The van der Waals surface area contributed by atoms with E-state index in [-0.39, 0.29) is 23.5 Å². The van der Waals surface area contributed by atoms with E-state index in [1.807, 2.05) is 42.5 Å². The monoisotopic (exact) mass is 542 g/mol. The zero-order valence-electron chi connectivity index (χ0n) is 21.6. The number of hydrogen-bond acceptors (Lipinski definition) is 8. The predicted molar refractivity (Wildman–Crippen MR) is 149 cm³/mol. The molecular weight excluding hydrogens is 516 g/mol. The Bertz CT molecular complexity index is 1750. The summed E-state index contributed by atoms with van der Waals surface area (Å²) in [5, 5.41) is 10.2. The minimum absolute atomic E-state index is 0.0377. The fourth-order valence-electron chi connectivity index (χ4n) is 4.52. The number of aromatic hydroxyl groups is 1. The number of hydrogen-bond donors (Lipinski definition) is 1. The zero-order chi connectivity index (χ0) is 27.5. The lowest BCUT2D eigenvalue weighted by Crippen LogP contribution is -2.40. The van der Waals surface area contributed by atoms with Gasteiger partial charge in [-0.25, -0.2) is 9.79 Å². The van der Waals surface area contributed by atoms with Crippen LogP contribution in [0.5, 0.6) is 17.2 Å². The van der Waals surface area contributed by atoms with Crippen molar-refractivity contribution in [2.75, 3.05) is 20.8 Å². The fraction of sp³-hybridized carbons (Fsp3) is 0.167. The van der Waals surface area contributed by atoms with Crippen molar-refractivity contribution in [1.82, 2.24) is 4.57 Å². The van der Waals surface area contributed by atoms with Crippen LogP contribution in [0.4, 0.5) is 0 Å². The van der Waals surface area contributed by atoms with Gasteiger partial charge in [0.25, 0.3) is 5.56 Å². The summed E-state index contributed by atoms with van der Waals surface area (Å²) in [6.45, 7) is 1.90. The largest absolute Gasteiger partial charge is 0.504 e. The van der Waals surface area contributed by atoms with Gasteiger partial charge in [0, 0.05) is 5.56 Å². The minimum atomic E-state index is -0.808. The Kier molecular flexibility index (Phi) is 7.33. The summed E-state index contributed by atoms with van der Waals surface area (Å²) >= 11 is 1.20. The Labute approximate surface area is 228 Å². The van der Waals surface area contributed by atoms with Gasteiger partial charge < -0.3 is 19.3 Å². The summed E-state index contributed by atoms with van der Waals surface area (Å²) in [7, 11) is 3.03. The highest BCUT2D eigenvalue weighted by molar-refractivity contribution is 7.07. The van der Waals surface area contributed by atoms with Gasteiger partial charge in [-0.15, -0.1) is 0 Å². The number of benzene rings is 3. The van der Waals surface area contributed by atoms with Gasteiger partial charge in [0.1, 0.15) is 5.75 Å². The Hall–Kier alpha value is -4.63. The number of fused-ring (bicyclic) bond motifs is 1. The summed E-state index contributed by atoms with van der Waals surface area (Å²) in [6.07, 6.45) is 1.68. The molecule has 1 N–H and O–H groups in total. The normalized spacial score (nSPS) is 14.9. The van der Waals surface area contributed by atoms with Gasteiger partial charge in [0.2, 0.25) is 0 Å². The van der Waals surface area contributed by atoms with Gasteiger partial charge in [0.15, 0.2) is 16.3 Å². The van der Waals surface area contributed by atoms with E-state index in [9.17, 15) is 14.7 Å². The molecule has 1 aromatic heterocycles. The SMILES string of the molecule is CCOC(=O)C1=C(c2ccccc2)N=c2s/c(=C/c3ccc(OC)c(O)c3)c(=O)n2C1c1cccc(OC)c1. The molecule has 198 valence electrons. The number of methoxy groups -OCH3 is 2. The molecule has 0 radical (unpaired) electrons. The van der Waals surface area contributed by atoms with Gasteiger partial charge in [-0.2, -0.15) is 0 Å². The smallest absolute Gasteiger partial charge is 0.338 e. The average molecular weight is 543 g/mol. The van der Waals surface area contributed by atoms with Crippen molar-refractivity contribution < 1.29 is 24.1 Å². The molecule has 2 heterocycles. The summed E-state index contributed by atoms with van der Waals surface area (Å²) in [5.74, 6) is 0.328. The quantitative estimate of drug-likeness (QED) is 0.358. The zero-order valence-corrected chi connectivity index (χ0v) is 22.4. The standard InChI is InChI=1S/C30H26N2O6S/c1-4-38-29(35)25-26(19-9-6-5-7-10-19)31-30-32(27(25)20-11-8-12-21(17-20)36-2)28(34)24(39-30)16-18-13-14-23(37-3)22(33)15-18/h5-17,27,33H,4H2,1-3H3/b24-16+. The number of rotatable bonds is 7. The van der Waals surface area contributed by atoms with E-state index in [1.54, 1.807) is 44.4 Å². The van der Waals surface area contributed by atoms with Crippen LogP contribution in [-0.2, 0) is 9.53 Å². The summed E-state index contributed by atoms with van der Waals surface area (Å²) in [5.41, 5.74) is 2.40. The van der Waals surface area contributed by atoms with Gasteiger partial charge in [-0.1, -0.05) is 59.9 Å². The van der Waals surface area contributed by atoms with Crippen molar-refractivity contribution in [3.63, 3.8) is 0 Å². The lowest BCUT2D eigenvalue weighted by atomic mass is 9.93. The molecule has 0 spiro atoms. The lowest BCUT2D eigenvalue weighted by molar-refractivity contribution is -0.138. The van der Waals surface area contributed by atoms with Crippen LogP contribution in [0.3, 0.4) is 0 Å². The molecule has 0 bridgehead atoms. The van der Waals surface area contributed by atoms with Gasteiger partial charge in [-0.05, 0) is 48.4 Å². The molecule has 1 atom stereocenters. The summed E-state index contributed by atoms with van der Waals surface area (Å²) in [4.78, 5) is 32.7. The highest BCUT2D eigenvalue weighted by Gasteiger charge is 2.35. The van der Waals surface area contributed by atoms with Crippen molar-refractivity contribution >= 4 is 29.1 Å². The third kappa shape index (κ3) is 4.96. The molecule has 1 unspecified atom stereocenters. The van der Waals surface area contributed by atoms with Crippen LogP contribution in [0.1, 0.15) is 29.7 Å². The number of nitrogens with zero attached hydrogens (tertiary/aromatic N) is 2. The van der Waals surface area contributed by atoms with Crippen LogP contribution in [0.15, 0.2) is 88.2 Å². The number of esters is 1. The Morgan fingerprint density at radius 2 is 1.85 bits per heavy atom. The summed E-state index contributed by atoms with van der Waals surface area (Å²) in [6, 6.07) is 20.7. The molecule has 0 amide bonds. The maximum absolute atomic E-state index is 13.9. The van der Waals surface area contributed by atoms with Crippen LogP contribution in [-0.4, -0.2) is 36.5 Å². The Morgan fingerprint density at radius 1 is 1.05 bits per heavy atom. The average Bonchev–Trinajstić information content (AvgIpc) is 3.27. The molecule has 1 aliphatic rings. The lowest BCUT2D eigenvalue weighted by Gasteiger charge is -2.26. The fourth-order valence-corrected chi connectivity index (χ4v) is 5.52. The van der Waals surface area contributed by atoms with Gasteiger partial charge in [0.05, 0.1) is 42.7 Å². The Morgan fingerprint density at radius 3 is 2.54 bits per heavy atom. The van der Waals surface area contributed by atoms with Crippen molar-refractivity contribution in [3.05, 3.63) is 115 Å². The van der Waals surface area contributed by atoms with Gasteiger partial charge >= 0.3 is 5.97 Å². The van der Waals surface area contributed by atoms with Crippen molar-refractivity contribution in [3.8, 4) is 17.2 Å². The molecule has 0 fully saturated rings. The van der Waals surface area contributed by atoms with Crippen molar-refractivity contribution in [2.45, 2.75) is 13.0 Å². The first-order valence-corrected chi connectivity index (χ1v) is 13.1. The van der Waals surface area contributed by atoms with Crippen LogP contribution >= 0.6 is 11.3 Å². The number of aromatic nitrogens is 1. The molecule has 8 nitrogen and oxygen atoms in total. The second-order valence-corrected chi connectivity index (χ2v) is 9.65. The molecule has 0 aliphatic carbocycles. The van der Waals surface area contributed by atoms with Crippen LogP contribution in [0.25, 0.3) is 11.8 Å². The third-order valence-electron chi connectivity index (χ3n) is 6.28. The van der Waals surface area contributed by atoms with E-state index in [0.717, 1.165) is 5.56 Å².